The molecule has 1 aliphatic carbocycles. The average molecular weight is 232 g/mol. The summed E-state index contributed by atoms with van der Waals surface area (Å²) in [5, 5.41) is 0. The van der Waals surface area contributed by atoms with E-state index in [1.807, 2.05) is 12.1 Å². The van der Waals surface area contributed by atoms with E-state index in [4.69, 9.17) is 5.73 Å². The molecular weight excluding hydrogens is 208 g/mol. The number of hydrogen-bond acceptors (Lipinski definition) is 2. The summed E-state index contributed by atoms with van der Waals surface area (Å²) in [5.41, 5.74) is 7.95. The zero-order valence-corrected chi connectivity index (χ0v) is 11.2. The number of benzene rings is 1. The van der Waals surface area contributed by atoms with Crippen LogP contribution in [-0.2, 0) is 0 Å². The SMILES string of the molecule is CC1CC(C)CC(N(C)c2cccc(N)c2)C1. The standard InChI is InChI=1S/C15H24N2/c1-11-7-12(2)9-15(8-11)17(3)14-6-4-5-13(16)10-14/h4-6,10-12,15H,7-9,16H2,1-3H3. The maximum absolute atomic E-state index is 5.85. The van der Waals surface area contributed by atoms with Crippen LogP contribution >= 0.6 is 0 Å². The van der Waals surface area contributed by atoms with Gasteiger partial charge >= 0.3 is 0 Å². The largest absolute Gasteiger partial charge is 0.399 e. The fourth-order valence-corrected chi connectivity index (χ4v) is 3.18. The van der Waals surface area contributed by atoms with E-state index in [0.29, 0.717) is 6.04 Å². The van der Waals surface area contributed by atoms with E-state index in [1.165, 1.54) is 24.9 Å². The van der Waals surface area contributed by atoms with Crippen molar-refractivity contribution < 1.29 is 0 Å². The van der Waals surface area contributed by atoms with Crippen LogP contribution in [0.2, 0.25) is 0 Å². The quantitative estimate of drug-likeness (QED) is 0.790. The van der Waals surface area contributed by atoms with E-state index in [0.717, 1.165) is 17.5 Å². The summed E-state index contributed by atoms with van der Waals surface area (Å²) in [6, 6.07) is 8.88. The zero-order chi connectivity index (χ0) is 12.4. The van der Waals surface area contributed by atoms with Crippen molar-refractivity contribution in [2.24, 2.45) is 11.8 Å². The van der Waals surface area contributed by atoms with Crippen LogP contribution in [-0.4, -0.2) is 13.1 Å². The van der Waals surface area contributed by atoms with Crippen LogP contribution in [0.5, 0.6) is 0 Å². The average Bonchev–Trinajstić information content (AvgIpc) is 2.26. The molecule has 2 unspecified atom stereocenters. The Morgan fingerprint density at radius 3 is 2.35 bits per heavy atom. The van der Waals surface area contributed by atoms with Crippen LogP contribution in [0.4, 0.5) is 11.4 Å². The predicted octanol–water partition coefficient (Wildman–Crippen LogP) is 3.53. The Labute approximate surface area is 105 Å². The third-order valence-electron chi connectivity index (χ3n) is 3.98. The molecular formula is C15H24N2. The minimum Gasteiger partial charge on any atom is -0.399 e. The lowest BCUT2D eigenvalue weighted by atomic mass is 9.80. The smallest absolute Gasteiger partial charge is 0.0386 e. The fraction of sp³-hybridized carbons (Fsp3) is 0.600. The second-order valence-corrected chi connectivity index (χ2v) is 5.78. The van der Waals surface area contributed by atoms with Gasteiger partial charge in [-0.2, -0.15) is 0 Å². The number of anilines is 2. The Morgan fingerprint density at radius 1 is 1.12 bits per heavy atom. The van der Waals surface area contributed by atoms with Crippen LogP contribution in [0, 0.1) is 11.8 Å². The summed E-state index contributed by atoms with van der Waals surface area (Å²) in [4.78, 5) is 2.41. The topological polar surface area (TPSA) is 29.3 Å². The van der Waals surface area contributed by atoms with Crippen LogP contribution in [0.25, 0.3) is 0 Å². The van der Waals surface area contributed by atoms with Crippen molar-refractivity contribution in [3.63, 3.8) is 0 Å². The molecule has 2 N–H and O–H groups in total. The van der Waals surface area contributed by atoms with Crippen LogP contribution < -0.4 is 10.6 Å². The molecule has 0 spiro atoms. The van der Waals surface area contributed by atoms with Gasteiger partial charge in [0.1, 0.15) is 0 Å². The number of nitrogen functional groups attached to an aromatic ring is 1. The highest BCUT2D eigenvalue weighted by Gasteiger charge is 2.26. The summed E-state index contributed by atoms with van der Waals surface area (Å²) in [7, 11) is 2.20. The highest BCUT2D eigenvalue weighted by Crippen LogP contribution is 2.33. The molecule has 17 heavy (non-hydrogen) atoms. The van der Waals surface area contributed by atoms with Crippen molar-refractivity contribution >= 4 is 11.4 Å². The molecule has 2 rings (SSSR count). The number of rotatable bonds is 2. The van der Waals surface area contributed by atoms with Gasteiger partial charge in [0.25, 0.3) is 0 Å². The molecule has 1 aliphatic rings. The lowest BCUT2D eigenvalue weighted by Crippen LogP contribution is -2.38. The number of nitrogens with zero attached hydrogens (tertiary/aromatic N) is 1. The molecule has 2 nitrogen and oxygen atoms in total. The Kier molecular flexibility index (Phi) is 3.60. The normalized spacial score (nSPS) is 29.0. The Bertz CT molecular complexity index is 365. The van der Waals surface area contributed by atoms with E-state index in [9.17, 15) is 0 Å². The highest BCUT2D eigenvalue weighted by atomic mass is 15.1. The van der Waals surface area contributed by atoms with Gasteiger partial charge in [-0.25, -0.2) is 0 Å². The molecule has 1 aromatic carbocycles. The van der Waals surface area contributed by atoms with Gasteiger partial charge in [-0.3, -0.25) is 0 Å². The lowest BCUT2D eigenvalue weighted by Gasteiger charge is -2.38. The molecule has 2 atom stereocenters. The van der Waals surface area contributed by atoms with Crippen molar-refractivity contribution in [3.8, 4) is 0 Å². The van der Waals surface area contributed by atoms with Gasteiger partial charge in [-0.05, 0) is 49.3 Å². The first kappa shape index (κ1) is 12.3. The summed E-state index contributed by atoms with van der Waals surface area (Å²) in [6.07, 6.45) is 3.98. The monoisotopic (exact) mass is 232 g/mol. The van der Waals surface area contributed by atoms with Crippen molar-refractivity contribution in [2.45, 2.75) is 39.2 Å². The minimum atomic E-state index is 0.663. The molecule has 94 valence electrons. The lowest BCUT2D eigenvalue weighted by molar-refractivity contribution is 0.264. The first-order valence-electron chi connectivity index (χ1n) is 6.64. The van der Waals surface area contributed by atoms with Crippen molar-refractivity contribution in [3.05, 3.63) is 24.3 Å². The molecule has 1 saturated carbocycles. The van der Waals surface area contributed by atoms with E-state index in [2.05, 4.69) is 37.9 Å². The third kappa shape index (κ3) is 2.93. The van der Waals surface area contributed by atoms with E-state index >= 15 is 0 Å². The number of hydrogen-bond donors (Lipinski definition) is 1. The van der Waals surface area contributed by atoms with Crippen molar-refractivity contribution in [1.82, 2.24) is 0 Å². The molecule has 0 aliphatic heterocycles. The van der Waals surface area contributed by atoms with Gasteiger partial charge < -0.3 is 10.6 Å². The van der Waals surface area contributed by atoms with Crippen LogP contribution in [0.15, 0.2) is 24.3 Å². The summed E-state index contributed by atoms with van der Waals surface area (Å²) < 4.78 is 0. The van der Waals surface area contributed by atoms with Gasteiger partial charge in [0.05, 0.1) is 0 Å². The van der Waals surface area contributed by atoms with Crippen LogP contribution in [0.1, 0.15) is 33.1 Å². The first-order valence-corrected chi connectivity index (χ1v) is 6.64. The Balaban J connectivity index is 2.11. The van der Waals surface area contributed by atoms with E-state index in [1.54, 1.807) is 0 Å². The molecule has 0 radical (unpaired) electrons. The predicted molar refractivity (Wildman–Crippen MR) is 75.2 cm³/mol. The third-order valence-corrected chi connectivity index (χ3v) is 3.98. The maximum Gasteiger partial charge on any atom is 0.0386 e. The van der Waals surface area contributed by atoms with E-state index < -0.39 is 0 Å². The van der Waals surface area contributed by atoms with Gasteiger partial charge in [-0.1, -0.05) is 19.9 Å². The van der Waals surface area contributed by atoms with Gasteiger partial charge in [-0.15, -0.1) is 0 Å². The minimum absolute atomic E-state index is 0.663. The van der Waals surface area contributed by atoms with E-state index in [-0.39, 0.29) is 0 Å². The first-order chi connectivity index (χ1) is 8.06. The molecule has 2 heteroatoms. The van der Waals surface area contributed by atoms with Gasteiger partial charge in [0.15, 0.2) is 0 Å². The van der Waals surface area contributed by atoms with Crippen LogP contribution in [0.3, 0.4) is 0 Å². The second kappa shape index (κ2) is 4.99. The Hall–Kier alpha value is -1.18. The molecule has 1 aromatic rings. The summed E-state index contributed by atoms with van der Waals surface area (Å²) >= 11 is 0. The summed E-state index contributed by atoms with van der Waals surface area (Å²) in [5.74, 6) is 1.68. The molecule has 1 fully saturated rings. The molecule has 0 amide bonds. The van der Waals surface area contributed by atoms with Gasteiger partial charge in [0.2, 0.25) is 0 Å². The highest BCUT2D eigenvalue weighted by molar-refractivity contribution is 5.56. The van der Waals surface area contributed by atoms with Gasteiger partial charge in [0, 0.05) is 24.5 Å². The molecule has 0 saturated heterocycles. The molecule has 0 bridgehead atoms. The number of nitrogens with two attached hydrogens (primary N) is 1. The van der Waals surface area contributed by atoms with Crippen molar-refractivity contribution in [1.29, 1.82) is 0 Å². The second-order valence-electron chi connectivity index (χ2n) is 5.78. The molecule has 0 heterocycles. The zero-order valence-electron chi connectivity index (χ0n) is 11.2. The van der Waals surface area contributed by atoms with Crippen molar-refractivity contribution in [2.75, 3.05) is 17.7 Å². The summed E-state index contributed by atoms with van der Waals surface area (Å²) in [6.45, 7) is 4.74. The Morgan fingerprint density at radius 2 is 1.76 bits per heavy atom. The molecule has 0 aromatic heterocycles. The fourth-order valence-electron chi connectivity index (χ4n) is 3.18. The maximum atomic E-state index is 5.85.